The van der Waals surface area contributed by atoms with Gasteiger partial charge < -0.3 is 10.2 Å². The standard InChI is InChI=1S/C17H25ClN2/c1-12(2)19-10-14-5-6-16(9-17(14)18)20(15-7-8-15)11-13-3-4-13/h5-6,9,12-13,15,19H,3-4,7-8,10-11H2,1-2H3. The summed E-state index contributed by atoms with van der Waals surface area (Å²) < 4.78 is 0. The van der Waals surface area contributed by atoms with Gasteiger partial charge in [-0.3, -0.25) is 0 Å². The van der Waals surface area contributed by atoms with Crippen LogP contribution in [0.4, 0.5) is 5.69 Å². The van der Waals surface area contributed by atoms with Crippen molar-refractivity contribution in [2.24, 2.45) is 5.92 Å². The van der Waals surface area contributed by atoms with Gasteiger partial charge in [0.05, 0.1) is 0 Å². The summed E-state index contributed by atoms with van der Waals surface area (Å²) in [6, 6.07) is 7.87. The van der Waals surface area contributed by atoms with E-state index in [4.69, 9.17) is 11.6 Å². The maximum absolute atomic E-state index is 6.47. The Bertz CT molecular complexity index is 464. The van der Waals surface area contributed by atoms with Crippen molar-refractivity contribution in [2.75, 3.05) is 11.4 Å². The third kappa shape index (κ3) is 3.67. The minimum Gasteiger partial charge on any atom is -0.368 e. The van der Waals surface area contributed by atoms with Crippen molar-refractivity contribution in [1.82, 2.24) is 5.32 Å². The number of nitrogens with one attached hydrogen (secondary N) is 1. The molecule has 20 heavy (non-hydrogen) atoms. The van der Waals surface area contributed by atoms with Crippen LogP contribution in [0.15, 0.2) is 18.2 Å². The fourth-order valence-corrected chi connectivity index (χ4v) is 2.84. The van der Waals surface area contributed by atoms with Gasteiger partial charge >= 0.3 is 0 Å². The predicted octanol–water partition coefficient (Wildman–Crippen LogP) is 4.22. The first-order valence-corrected chi connectivity index (χ1v) is 8.29. The molecule has 1 aromatic carbocycles. The molecule has 0 heterocycles. The Morgan fingerprint density at radius 1 is 1.25 bits per heavy atom. The summed E-state index contributed by atoms with van der Waals surface area (Å²) in [7, 11) is 0. The molecule has 1 aromatic rings. The average Bonchev–Trinajstić information content (AvgIpc) is 3.26. The summed E-state index contributed by atoms with van der Waals surface area (Å²) in [5.74, 6) is 0.927. The molecule has 0 aliphatic heterocycles. The van der Waals surface area contributed by atoms with E-state index < -0.39 is 0 Å². The molecule has 3 rings (SSSR count). The van der Waals surface area contributed by atoms with Gasteiger partial charge in [0.25, 0.3) is 0 Å². The van der Waals surface area contributed by atoms with Crippen LogP contribution in [0.3, 0.4) is 0 Å². The van der Waals surface area contributed by atoms with E-state index in [0.29, 0.717) is 6.04 Å². The molecule has 2 fully saturated rings. The highest BCUT2D eigenvalue weighted by molar-refractivity contribution is 6.31. The SMILES string of the molecule is CC(C)NCc1ccc(N(CC2CC2)C2CC2)cc1Cl. The van der Waals surface area contributed by atoms with E-state index in [9.17, 15) is 0 Å². The van der Waals surface area contributed by atoms with Gasteiger partial charge in [-0.15, -0.1) is 0 Å². The molecule has 0 amide bonds. The van der Waals surface area contributed by atoms with Crippen molar-refractivity contribution in [3.8, 4) is 0 Å². The van der Waals surface area contributed by atoms with E-state index in [2.05, 4.69) is 42.3 Å². The van der Waals surface area contributed by atoms with Crippen LogP contribution in [-0.4, -0.2) is 18.6 Å². The first kappa shape index (κ1) is 14.2. The molecule has 0 radical (unpaired) electrons. The Morgan fingerprint density at radius 2 is 2.00 bits per heavy atom. The monoisotopic (exact) mass is 292 g/mol. The van der Waals surface area contributed by atoms with Crippen LogP contribution < -0.4 is 10.2 Å². The molecular weight excluding hydrogens is 268 g/mol. The molecule has 2 nitrogen and oxygen atoms in total. The Morgan fingerprint density at radius 3 is 2.55 bits per heavy atom. The lowest BCUT2D eigenvalue weighted by molar-refractivity contribution is 0.589. The number of hydrogen-bond donors (Lipinski definition) is 1. The highest BCUT2D eigenvalue weighted by atomic mass is 35.5. The maximum atomic E-state index is 6.47. The smallest absolute Gasteiger partial charge is 0.0471 e. The molecule has 0 saturated heterocycles. The lowest BCUT2D eigenvalue weighted by Crippen LogP contribution is -2.28. The van der Waals surface area contributed by atoms with Crippen molar-refractivity contribution in [2.45, 2.75) is 58.2 Å². The Hall–Kier alpha value is -0.730. The van der Waals surface area contributed by atoms with Gasteiger partial charge in [0.15, 0.2) is 0 Å². The third-order valence-corrected chi connectivity index (χ3v) is 4.56. The van der Waals surface area contributed by atoms with E-state index >= 15 is 0 Å². The second kappa shape index (κ2) is 5.95. The largest absolute Gasteiger partial charge is 0.368 e. The van der Waals surface area contributed by atoms with Gasteiger partial charge in [-0.1, -0.05) is 31.5 Å². The average molecular weight is 293 g/mol. The van der Waals surface area contributed by atoms with E-state index in [0.717, 1.165) is 23.5 Å². The Balaban J connectivity index is 1.70. The van der Waals surface area contributed by atoms with Crippen LogP contribution in [0.5, 0.6) is 0 Å². The summed E-state index contributed by atoms with van der Waals surface area (Å²) in [4.78, 5) is 2.59. The normalized spacial score (nSPS) is 18.6. The van der Waals surface area contributed by atoms with Gasteiger partial charge in [0, 0.05) is 35.9 Å². The number of anilines is 1. The van der Waals surface area contributed by atoms with E-state index in [1.165, 1.54) is 43.5 Å². The summed E-state index contributed by atoms with van der Waals surface area (Å²) in [6.07, 6.45) is 5.52. The van der Waals surface area contributed by atoms with E-state index in [-0.39, 0.29) is 0 Å². The lowest BCUT2D eigenvalue weighted by Gasteiger charge is -2.25. The number of nitrogens with zero attached hydrogens (tertiary/aromatic N) is 1. The fraction of sp³-hybridized carbons (Fsp3) is 0.647. The molecule has 0 unspecified atom stereocenters. The van der Waals surface area contributed by atoms with Crippen LogP contribution in [-0.2, 0) is 6.54 Å². The van der Waals surface area contributed by atoms with Crippen LogP contribution in [0.1, 0.15) is 45.1 Å². The van der Waals surface area contributed by atoms with Crippen molar-refractivity contribution >= 4 is 17.3 Å². The second-order valence-electron chi connectivity index (χ2n) is 6.64. The zero-order valence-electron chi connectivity index (χ0n) is 12.5. The first-order valence-electron chi connectivity index (χ1n) is 7.92. The van der Waals surface area contributed by atoms with E-state index in [1.54, 1.807) is 0 Å². The van der Waals surface area contributed by atoms with Crippen molar-refractivity contribution in [3.05, 3.63) is 28.8 Å². The van der Waals surface area contributed by atoms with Crippen LogP contribution in [0, 0.1) is 5.92 Å². The highest BCUT2D eigenvalue weighted by Crippen LogP contribution is 2.38. The lowest BCUT2D eigenvalue weighted by atomic mass is 10.1. The van der Waals surface area contributed by atoms with Crippen LogP contribution in [0.2, 0.25) is 5.02 Å². The topological polar surface area (TPSA) is 15.3 Å². The highest BCUT2D eigenvalue weighted by Gasteiger charge is 2.33. The summed E-state index contributed by atoms with van der Waals surface area (Å²) in [5.41, 5.74) is 2.52. The molecule has 0 atom stereocenters. The van der Waals surface area contributed by atoms with Gasteiger partial charge in [-0.25, -0.2) is 0 Å². The van der Waals surface area contributed by atoms with Crippen LogP contribution in [0.25, 0.3) is 0 Å². The zero-order valence-corrected chi connectivity index (χ0v) is 13.3. The van der Waals surface area contributed by atoms with Crippen molar-refractivity contribution in [1.29, 1.82) is 0 Å². The van der Waals surface area contributed by atoms with Gasteiger partial charge in [0.1, 0.15) is 0 Å². The molecule has 0 bridgehead atoms. The van der Waals surface area contributed by atoms with Crippen molar-refractivity contribution in [3.63, 3.8) is 0 Å². The summed E-state index contributed by atoms with van der Waals surface area (Å²) >= 11 is 6.47. The Labute approximate surface area is 127 Å². The predicted molar refractivity (Wildman–Crippen MR) is 86.5 cm³/mol. The molecule has 3 heteroatoms. The molecule has 0 aromatic heterocycles. The summed E-state index contributed by atoms with van der Waals surface area (Å²) in [5, 5.41) is 4.33. The third-order valence-electron chi connectivity index (χ3n) is 4.21. The number of benzene rings is 1. The second-order valence-corrected chi connectivity index (χ2v) is 7.05. The zero-order chi connectivity index (χ0) is 14.1. The van der Waals surface area contributed by atoms with E-state index in [1.807, 2.05) is 0 Å². The fourth-order valence-electron chi connectivity index (χ4n) is 2.60. The van der Waals surface area contributed by atoms with Gasteiger partial charge in [0.2, 0.25) is 0 Å². The molecular formula is C17H25ClN2. The maximum Gasteiger partial charge on any atom is 0.0471 e. The van der Waals surface area contributed by atoms with Gasteiger partial charge in [-0.2, -0.15) is 0 Å². The molecule has 0 spiro atoms. The molecule has 2 aliphatic carbocycles. The Kier molecular flexibility index (Phi) is 4.23. The molecule has 1 N–H and O–H groups in total. The van der Waals surface area contributed by atoms with Gasteiger partial charge in [-0.05, 0) is 49.3 Å². The quantitative estimate of drug-likeness (QED) is 0.809. The number of rotatable bonds is 7. The minimum atomic E-state index is 0.489. The first-order chi connectivity index (χ1) is 9.63. The molecule has 110 valence electrons. The van der Waals surface area contributed by atoms with Crippen LogP contribution >= 0.6 is 11.6 Å². The molecule has 2 saturated carbocycles. The summed E-state index contributed by atoms with van der Waals surface area (Å²) in [6.45, 7) is 6.40. The molecule has 2 aliphatic rings. The number of halogens is 1. The van der Waals surface area contributed by atoms with Crippen molar-refractivity contribution < 1.29 is 0 Å². The number of hydrogen-bond acceptors (Lipinski definition) is 2. The minimum absolute atomic E-state index is 0.489.